The van der Waals surface area contributed by atoms with Crippen LogP contribution in [-0.2, 0) is 11.3 Å². The van der Waals surface area contributed by atoms with E-state index in [4.69, 9.17) is 5.11 Å². The average Bonchev–Trinajstić information content (AvgIpc) is 2.35. The minimum atomic E-state index is 0.0770. The van der Waals surface area contributed by atoms with Crippen molar-refractivity contribution in [2.45, 2.75) is 33.2 Å². The molecule has 17 heavy (non-hydrogen) atoms. The first-order valence-corrected chi connectivity index (χ1v) is 6.12. The molecule has 0 aliphatic heterocycles. The van der Waals surface area contributed by atoms with E-state index in [-0.39, 0.29) is 12.5 Å². The molecule has 0 saturated carbocycles. The molecule has 0 radical (unpaired) electrons. The zero-order valence-electron chi connectivity index (χ0n) is 10.6. The number of aryl methyl sites for hydroxylation is 1. The van der Waals surface area contributed by atoms with E-state index in [2.05, 4.69) is 19.1 Å². The van der Waals surface area contributed by atoms with E-state index < -0.39 is 0 Å². The van der Waals surface area contributed by atoms with Crippen LogP contribution < -0.4 is 0 Å². The maximum absolute atomic E-state index is 11.9. The normalized spacial score (nSPS) is 10.3. The summed E-state index contributed by atoms with van der Waals surface area (Å²) in [5.41, 5.74) is 2.40. The lowest BCUT2D eigenvalue weighted by atomic mass is 10.1. The van der Waals surface area contributed by atoms with Gasteiger partial charge in [-0.05, 0) is 31.4 Å². The van der Waals surface area contributed by atoms with Gasteiger partial charge in [0, 0.05) is 26.1 Å². The number of benzene rings is 1. The summed E-state index contributed by atoms with van der Waals surface area (Å²) in [5.74, 6) is 0.116. The Kier molecular flexibility index (Phi) is 5.70. The fourth-order valence-corrected chi connectivity index (χ4v) is 1.76. The van der Waals surface area contributed by atoms with Gasteiger partial charge < -0.3 is 10.0 Å². The standard InChI is InChI=1S/C14H21NO2/c1-3-15(14(17)9-6-10-16)11-13-8-5-4-7-12(13)2/h4-5,7-8,16H,3,6,9-11H2,1-2H3. The fourth-order valence-electron chi connectivity index (χ4n) is 1.76. The van der Waals surface area contributed by atoms with E-state index in [0.717, 1.165) is 0 Å². The Balaban J connectivity index is 2.63. The summed E-state index contributed by atoms with van der Waals surface area (Å²) in [6, 6.07) is 8.11. The van der Waals surface area contributed by atoms with Gasteiger partial charge in [0.1, 0.15) is 0 Å². The van der Waals surface area contributed by atoms with E-state index in [9.17, 15) is 4.79 Å². The number of aliphatic hydroxyl groups is 1. The predicted molar refractivity (Wildman–Crippen MR) is 68.6 cm³/mol. The van der Waals surface area contributed by atoms with Gasteiger partial charge in [-0.25, -0.2) is 0 Å². The third-order valence-corrected chi connectivity index (χ3v) is 2.91. The van der Waals surface area contributed by atoms with Crippen LogP contribution in [0.4, 0.5) is 0 Å². The summed E-state index contributed by atoms with van der Waals surface area (Å²) in [6.45, 7) is 5.48. The van der Waals surface area contributed by atoms with Crippen LogP contribution in [0.25, 0.3) is 0 Å². The molecule has 0 aromatic heterocycles. The van der Waals surface area contributed by atoms with Crippen molar-refractivity contribution in [1.29, 1.82) is 0 Å². The van der Waals surface area contributed by atoms with Crippen molar-refractivity contribution in [1.82, 2.24) is 4.90 Å². The Morgan fingerprint density at radius 2 is 2.06 bits per heavy atom. The number of nitrogens with zero attached hydrogens (tertiary/aromatic N) is 1. The summed E-state index contributed by atoms with van der Waals surface area (Å²) in [5, 5.41) is 8.73. The highest BCUT2D eigenvalue weighted by atomic mass is 16.3. The van der Waals surface area contributed by atoms with Gasteiger partial charge in [-0.15, -0.1) is 0 Å². The molecule has 94 valence electrons. The molecular formula is C14H21NO2. The number of amides is 1. The fraction of sp³-hybridized carbons (Fsp3) is 0.500. The maximum Gasteiger partial charge on any atom is 0.222 e. The number of rotatable bonds is 6. The second kappa shape index (κ2) is 7.07. The highest BCUT2D eigenvalue weighted by Crippen LogP contribution is 2.11. The smallest absolute Gasteiger partial charge is 0.222 e. The maximum atomic E-state index is 11.9. The Labute approximate surface area is 103 Å². The quantitative estimate of drug-likeness (QED) is 0.820. The topological polar surface area (TPSA) is 40.5 Å². The third-order valence-electron chi connectivity index (χ3n) is 2.91. The first-order chi connectivity index (χ1) is 8.19. The molecule has 1 aromatic rings. The second-order valence-corrected chi connectivity index (χ2v) is 4.16. The van der Waals surface area contributed by atoms with Crippen molar-refractivity contribution in [2.75, 3.05) is 13.2 Å². The number of carbonyl (C=O) groups is 1. The molecule has 0 aliphatic rings. The summed E-state index contributed by atoms with van der Waals surface area (Å²) in [4.78, 5) is 13.7. The molecule has 0 fully saturated rings. The van der Waals surface area contributed by atoms with Crippen LogP contribution in [0.1, 0.15) is 30.9 Å². The van der Waals surface area contributed by atoms with Crippen molar-refractivity contribution in [3.63, 3.8) is 0 Å². The molecule has 3 nitrogen and oxygen atoms in total. The van der Waals surface area contributed by atoms with Crippen LogP contribution in [-0.4, -0.2) is 29.1 Å². The average molecular weight is 235 g/mol. The van der Waals surface area contributed by atoms with Crippen molar-refractivity contribution in [2.24, 2.45) is 0 Å². The molecule has 0 unspecified atom stereocenters. The van der Waals surface area contributed by atoms with Crippen LogP contribution in [0.2, 0.25) is 0 Å². The number of carbonyl (C=O) groups excluding carboxylic acids is 1. The highest BCUT2D eigenvalue weighted by Gasteiger charge is 2.12. The summed E-state index contributed by atoms with van der Waals surface area (Å²) < 4.78 is 0. The summed E-state index contributed by atoms with van der Waals surface area (Å²) >= 11 is 0. The molecule has 0 saturated heterocycles. The zero-order valence-corrected chi connectivity index (χ0v) is 10.6. The Morgan fingerprint density at radius 1 is 1.35 bits per heavy atom. The van der Waals surface area contributed by atoms with Crippen molar-refractivity contribution in [3.05, 3.63) is 35.4 Å². The molecule has 0 heterocycles. The largest absolute Gasteiger partial charge is 0.396 e. The van der Waals surface area contributed by atoms with Crippen molar-refractivity contribution in [3.8, 4) is 0 Å². The molecular weight excluding hydrogens is 214 g/mol. The van der Waals surface area contributed by atoms with Crippen molar-refractivity contribution >= 4 is 5.91 Å². The summed E-state index contributed by atoms with van der Waals surface area (Å²) in [7, 11) is 0. The van der Waals surface area contributed by atoms with E-state index in [1.807, 2.05) is 24.0 Å². The molecule has 0 spiro atoms. The predicted octanol–water partition coefficient (Wildman–Crippen LogP) is 2.12. The van der Waals surface area contributed by atoms with Gasteiger partial charge >= 0.3 is 0 Å². The zero-order chi connectivity index (χ0) is 12.7. The van der Waals surface area contributed by atoms with Gasteiger partial charge in [0.05, 0.1) is 0 Å². The van der Waals surface area contributed by atoms with Crippen LogP contribution in [0.15, 0.2) is 24.3 Å². The molecule has 1 N–H and O–H groups in total. The first kappa shape index (κ1) is 13.7. The van der Waals surface area contributed by atoms with E-state index in [1.54, 1.807) is 0 Å². The van der Waals surface area contributed by atoms with Crippen LogP contribution in [0.5, 0.6) is 0 Å². The molecule has 0 atom stereocenters. The van der Waals surface area contributed by atoms with Gasteiger partial charge in [0.15, 0.2) is 0 Å². The number of aliphatic hydroxyl groups excluding tert-OH is 1. The molecule has 1 rings (SSSR count). The van der Waals surface area contributed by atoms with E-state index >= 15 is 0 Å². The lowest BCUT2D eigenvalue weighted by Gasteiger charge is -2.21. The number of hydrogen-bond acceptors (Lipinski definition) is 2. The lowest BCUT2D eigenvalue weighted by Crippen LogP contribution is -2.30. The molecule has 1 aromatic carbocycles. The Bertz CT molecular complexity index is 363. The third kappa shape index (κ3) is 4.19. The molecule has 0 aliphatic carbocycles. The van der Waals surface area contributed by atoms with Crippen molar-refractivity contribution < 1.29 is 9.90 Å². The molecule has 3 heteroatoms. The van der Waals surface area contributed by atoms with Gasteiger partial charge in [-0.1, -0.05) is 24.3 Å². The Morgan fingerprint density at radius 3 is 2.65 bits per heavy atom. The second-order valence-electron chi connectivity index (χ2n) is 4.16. The minimum absolute atomic E-state index is 0.0770. The monoisotopic (exact) mass is 235 g/mol. The lowest BCUT2D eigenvalue weighted by molar-refractivity contribution is -0.131. The summed E-state index contributed by atoms with van der Waals surface area (Å²) in [6.07, 6.45) is 0.972. The van der Waals surface area contributed by atoms with Gasteiger partial charge in [0.25, 0.3) is 0 Å². The highest BCUT2D eigenvalue weighted by molar-refractivity contribution is 5.76. The Hall–Kier alpha value is -1.35. The van der Waals surface area contributed by atoms with Crippen LogP contribution >= 0.6 is 0 Å². The van der Waals surface area contributed by atoms with Crippen LogP contribution in [0.3, 0.4) is 0 Å². The SMILES string of the molecule is CCN(Cc1ccccc1C)C(=O)CCCO. The molecule has 0 bridgehead atoms. The van der Waals surface area contributed by atoms with Crippen LogP contribution in [0, 0.1) is 6.92 Å². The number of hydrogen-bond donors (Lipinski definition) is 1. The van der Waals surface area contributed by atoms with E-state index in [0.29, 0.717) is 25.9 Å². The van der Waals surface area contributed by atoms with Gasteiger partial charge in [-0.2, -0.15) is 0 Å². The first-order valence-electron chi connectivity index (χ1n) is 6.12. The minimum Gasteiger partial charge on any atom is -0.396 e. The van der Waals surface area contributed by atoms with E-state index in [1.165, 1.54) is 11.1 Å². The van der Waals surface area contributed by atoms with Gasteiger partial charge in [0.2, 0.25) is 5.91 Å². The van der Waals surface area contributed by atoms with Gasteiger partial charge in [-0.3, -0.25) is 4.79 Å². The molecule has 1 amide bonds.